The molecule has 0 spiro atoms. The summed E-state index contributed by atoms with van der Waals surface area (Å²) in [7, 11) is 0. The van der Waals surface area contributed by atoms with Crippen LogP contribution in [0.25, 0.3) is 0 Å². The first-order valence-corrected chi connectivity index (χ1v) is 4.26. The number of aliphatic imine (C=N–C) groups is 1. The number of hydrogen-bond acceptors (Lipinski definition) is 3. The summed E-state index contributed by atoms with van der Waals surface area (Å²) in [6.07, 6.45) is 0.355. The summed E-state index contributed by atoms with van der Waals surface area (Å²) >= 11 is 0. The average molecular weight is 176 g/mol. The van der Waals surface area contributed by atoms with Crippen LogP contribution in [0.3, 0.4) is 0 Å². The molecule has 0 saturated heterocycles. The van der Waals surface area contributed by atoms with Gasteiger partial charge in [0.05, 0.1) is 6.04 Å². The summed E-state index contributed by atoms with van der Waals surface area (Å²) in [5, 5.41) is 10.7. The molecule has 0 N–H and O–H groups in total. The normalized spacial score (nSPS) is 20.9. The summed E-state index contributed by atoms with van der Waals surface area (Å²) in [4.78, 5) is 3.82. The van der Waals surface area contributed by atoms with Crippen LogP contribution in [0.2, 0.25) is 0 Å². The van der Waals surface area contributed by atoms with Crippen molar-refractivity contribution in [2.24, 2.45) is 4.99 Å². The van der Waals surface area contributed by atoms with Crippen LogP contribution in [0, 0.1) is 0 Å². The quantitative estimate of drug-likeness (QED) is 0.652. The first kappa shape index (κ1) is 8.10. The van der Waals surface area contributed by atoms with Crippen LogP contribution < -0.4 is 5.11 Å². The Morgan fingerprint density at radius 3 is 2.77 bits per heavy atom. The highest BCUT2D eigenvalue weighted by Gasteiger charge is 2.10. The minimum Gasteiger partial charge on any atom is -0.598 e. The van der Waals surface area contributed by atoms with E-state index < -0.39 is 6.08 Å². The zero-order valence-electron chi connectivity index (χ0n) is 7.14. The van der Waals surface area contributed by atoms with Gasteiger partial charge < -0.3 is 9.84 Å². The van der Waals surface area contributed by atoms with Gasteiger partial charge in [-0.25, -0.2) is 0 Å². The fraction of sp³-hybridized carbons (Fsp3) is 0.300. The highest BCUT2D eigenvalue weighted by atomic mass is 16.6. The van der Waals surface area contributed by atoms with Gasteiger partial charge in [0.1, 0.15) is 6.08 Å². The summed E-state index contributed by atoms with van der Waals surface area (Å²) in [5.41, 5.74) is 1.19. The molecule has 68 valence electrons. The average Bonchev–Trinajstić information content (AvgIpc) is 2.53. The second-order valence-electron chi connectivity index (χ2n) is 3.05. The van der Waals surface area contributed by atoms with Crippen molar-refractivity contribution in [3.8, 4) is 0 Å². The minimum absolute atomic E-state index is 0.00917. The maximum atomic E-state index is 10.7. The highest BCUT2D eigenvalue weighted by molar-refractivity contribution is 5.63. The lowest BCUT2D eigenvalue weighted by molar-refractivity contribution is -0.246. The smallest absolute Gasteiger partial charge is 0.145 e. The van der Waals surface area contributed by atoms with Gasteiger partial charge in [-0.1, -0.05) is 30.3 Å². The minimum atomic E-state index is -0.430. The molecule has 0 aromatic heterocycles. The molecule has 1 aromatic rings. The molecule has 0 aliphatic carbocycles. The van der Waals surface area contributed by atoms with E-state index in [4.69, 9.17) is 4.74 Å². The Hall–Kier alpha value is -1.51. The largest absolute Gasteiger partial charge is 0.598 e. The molecule has 1 aliphatic heterocycles. The van der Waals surface area contributed by atoms with Gasteiger partial charge in [0.2, 0.25) is 0 Å². The van der Waals surface area contributed by atoms with E-state index >= 15 is 0 Å². The monoisotopic (exact) mass is 176 g/mol. The Labute approximate surface area is 76.7 Å². The number of hydrogen-bond donors (Lipinski definition) is 0. The Kier molecular flexibility index (Phi) is 2.17. The fourth-order valence-electron chi connectivity index (χ4n) is 1.38. The van der Waals surface area contributed by atoms with Crippen LogP contribution in [-0.2, 0) is 11.2 Å². The molecule has 0 bridgehead atoms. The lowest BCUT2D eigenvalue weighted by Gasteiger charge is -2.07. The summed E-state index contributed by atoms with van der Waals surface area (Å²) < 4.78 is 4.73. The molecule has 2 rings (SSSR count). The number of benzene rings is 1. The van der Waals surface area contributed by atoms with Crippen molar-refractivity contribution in [2.75, 3.05) is 6.61 Å². The Morgan fingerprint density at radius 1 is 1.38 bits per heavy atom. The van der Waals surface area contributed by atoms with Crippen molar-refractivity contribution in [2.45, 2.75) is 12.5 Å². The SMILES string of the molecule is [O-]C1=N[C@H](Cc2ccccc2)CO1. The first-order chi connectivity index (χ1) is 6.34. The predicted octanol–water partition coefficient (Wildman–Crippen LogP) is 0.344. The van der Waals surface area contributed by atoms with E-state index in [-0.39, 0.29) is 6.04 Å². The number of nitrogens with zero attached hydrogens (tertiary/aromatic N) is 1. The van der Waals surface area contributed by atoms with Crippen LogP contribution >= 0.6 is 0 Å². The van der Waals surface area contributed by atoms with Crippen LogP contribution in [-0.4, -0.2) is 18.7 Å². The Morgan fingerprint density at radius 2 is 2.15 bits per heavy atom. The van der Waals surface area contributed by atoms with E-state index in [1.807, 2.05) is 30.3 Å². The molecule has 0 fully saturated rings. The first-order valence-electron chi connectivity index (χ1n) is 4.26. The number of rotatable bonds is 2. The molecular formula is C10H10NO2-. The zero-order valence-corrected chi connectivity index (χ0v) is 7.14. The summed E-state index contributed by atoms with van der Waals surface area (Å²) in [6, 6.07) is 9.99. The van der Waals surface area contributed by atoms with E-state index in [2.05, 4.69) is 4.99 Å². The molecule has 3 heteroatoms. The van der Waals surface area contributed by atoms with E-state index in [0.29, 0.717) is 6.61 Å². The van der Waals surface area contributed by atoms with Gasteiger partial charge in [-0.2, -0.15) is 0 Å². The second-order valence-corrected chi connectivity index (χ2v) is 3.05. The lowest BCUT2D eigenvalue weighted by Crippen LogP contribution is -2.16. The lowest BCUT2D eigenvalue weighted by atomic mass is 10.1. The molecule has 0 amide bonds. The maximum Gasteiger partial charge on any atom is 0.145 e. The van der Waals surface area contributed by atoms with Crippen LogP contribution in [0.4, 0.5) is 0 Å². The third-order valence-electron chi connectivity index (χ3n) is 2.00. The van der Waals surface area contributed by atoms with Gasteiger partial charge in [0.15, 0.2) is 0 Å². The molecule has 13 heavy (non-hydrogen) atoms. The van der Waals surface area contributed by atoms with Gasteiger partial charge in [0.25, 0.3) is 0 Å². The number of ether oxygens (including phenoxy) is 1. The standard InChI is InChI=1S/C10H11NO2/c12-10-11-9(7-13-10)6-8-4-2-1-3-5-8/h1-5,9H,6-7H2,(H,11,12)/p-1/t9-/m1/s1. The van der Waals surface area contributed by atoms with Crippen LogP contribution in [0.15, 0.2) is 35.3 Å². The van der Waals surface area contributed by atoms with Gasteiger partial charge in [0, 0.05) is 6.61 Å². The topological polar surface area (TPSA) is 44.7 Å². The molecule has 1 heterocycles. The third-order valence-corrected chi connectivity index (χ3v) is 2.00. The maximum absolute atomic E-state index is 10.7. The highest BCUT2D eigenvalue weighted by Crippen LogP contribution is 2.09. The van der Waals surface area contributed by atoms with Gasteiger partial charge in [-0.3, -0.25) is 4.99 Å². The van der Waals surface area contributed by atoms with Crippen molar-refractivity contribution in [1.29, 1.82) is 0 Å². The van der Waals surface area contributed by atoms with E-state index in [0.717, 1.165) is 6.42 Å². The predicted molar refractivity (Wildman–Crippen MR) is 47.3 cm³/mol. The molecule has 0 unspecified atom stereocenters. The van der Waals surface area contributed by atoms with Crippen LogP contribution in [0.5, 0.6) is 0 Å². The van der Waals surface area contributed by atoms with E-state index in [1.54, 1.807) is 0 Å². The van der Waals surface area contributed by atoms with Crippen molar-refractivity contribution in [1.82, 2.24) is 0 Å². The third kappa shape index (κ3) is 1.99. The zero-order chi connectivity index (χ0) is 9.10. The van der Waals surface area contributed by atoms with Gasteiger partial charge in [-0.05, 0) is 12.0 Å². The van der Waals surface area contributed by atoms with E-state index in [1.165, 1.54) is 5.56 Å². The summed E-state index contributed by atoms with van der Waals surface area (Å²) in [5.74, 6) is 0. The molecule has 1 aromatic carbocycles. The molecular weight excluding hydrogens is 166 g/mol. The van der Waals surface area contributed by atoms with Crippen molar-refractivity contribution >= 4 is 6.08 Å². The molecule has 1 aliphatic rings. The van der Waals surface area contributed by atoms with Crippen LogP contribution in [0.1, 0.15) is 5.56 Å². The van der Waals surface area contributed by atoms with Crippen molar-refractivity contribution in [3.05, 3.63) is 35.9 Å². The van der Waals surface area contributed by atoms with Crippen molar-refractivity contribution < 1.29 is 9.84 Å². The fourth-order valence-corrected chi connectivity index (χ4v) is 1.38. The van der Waals surface area contributed by atoms with Gasteiger partial charge in [-0.15, -0.1) is 0 Å². The van der Waals surface area contributed by atoms with Gasteiger partial charge >= 0.3 is 0 Å². The van der Waals surface area contributed by atoms with E-state index in [9.17, 15) is 5.11 Å². The molecule has 1 atom stereocenters. The summed E-state index contributed by atoms with van der Waals surface area (Å²) in [6.45, 7) is 0.424. The molecule has 0 radical (unpaired) electrons. The molecule has 0 saturated carbocycles. The van der Waals surface area contributed by atoms with Crippen molar-refractivity contribution in [3.63, 3.8) is 0 Å². The Bertz CT molecular complexity index is 308. The molecule has 3 nitrogen and oxygen atoms in total. The second kappa shape index (κ2) is 3.47. The Balaban J connectivity index is 2.00.